The minimum absolute atomic E-state index is 0.122. The van der Waals surface area contributed by atoms with Gasteiger partial charge >= 0.3 is 0 Å². The number of anilines is 3. The Morgan fingerprint density at radius 3 is 2.53 bits per heavy atom. The summed E-state index contributed by atoms with van der Waals surface area (Å²) in [4.78, 5) is 22.8. The van der Waals surface area contributed by atoms with E-state index in [-0.39, 0.29) is 23.3 Å². The van der Waals surface area contributed by atoms with Crippen molar-refractivity contribution < 1.29 is 13.2 Å². The van der Waals surface area contributed by atoms with E-state index in [1.165, 1.54) is 0 Å². The van der Waals surface area contributed by atoms with Crippen LogP contribution < -0.4 is 15.5 Å². The molecule has 12 heteroatoms. The molecule has 0 amide bonds. The van der Waals surface area contributed by atoms with Crippen LogP contribution >= 0.6 is 0 Å². The van der Waals surface area contributed by atoms with Gasteiger partial charge in [0.2, 0.25) is 21.9 Å². The number of sulfonamides is 1. The van der Waals surface area contributed by atoms with Crippen molar-refractivity contribution in [3.8, 4) is 11.3 Å². The van der Waals surface area contributed by atoms with Gasteiger partial charge in [-0.05, 0) is 26.2 Å². The molecule has 2 aromatic heterocycles. The molecule has 1 atom stereocenters. The summed E-state index contributed by atoms with van der Waals surface area (Å²) in [6.07, 6.45) is 6.79. The molecule has 0 radical (unpaired) electrons. The third-order valence-electron chi connectivity index (χ3n) is 7.52. The number of rotatable bonds is 5. The van der Waals surface area contributed by atoms with Gasteiger partial charge in [0.15, 0.2) is 0 Å². The molecule has 4 aliphatic rings. The summed E-state index contributed by atoms with van der Waals surface area (Å²) in [6.45, 7) is 5.91. The van der Waals surface area contributed by atoms with Crippen LogP contribution in [0.2, 0.25) is 0 Å². The molecule has 1 aliphatic carbocycles. The van der Waals surface area contributed by atoms with Crippen LogP contribution in [0.1, 0.15) is 31.7 Å². The number of aromatic nitrogens is 4. The summed E-state index contributed by atoms with van der Waals surface area (Å²) in [5, 5.41) is -0.187. The molecule has 2 saturated heterocycles. The van der Waals surface area contributed by atoms with Gasteiger partial charge in [-0.25, -0.2) is 23.4 Å². The molecular weight excluding hydrogens is 456 g/mol. The third kappa shape index (κ3) is 3.59. The maximum absolute atomic E-state index is 12.8. The summed E-state index contributed by atoms with van der Waals surface area (Å²) in [7, 11) is -3.17. The van der Waals surface area contributed by atoms with Crippen LogP contribution in [0.4, 0.5) is 17.7 Å². The Hall–Kier alpha value is -2.57. The summed E-state index contributed by atoms with van der Waals surface area (Å²) < 4.78 is 32.9. The topological polar surface area (TPSA) is 131 Å². The maximum atomic E-state index is 12.8. The number of fused-ring (bicyclic) bond motifs is 1. The second kappa shape index (κ2) is 8.28. The zero-order chi connectivity index (χ0) is 23.4. The first-order valence-corrected chi connectivity index (χ1v) is 13.5. The van der Waals surface area contributed by atoms with Crippen LogP contribution in [-0.2, 0) is 21.2 Å². The molecule has 11 nitrogen and oxygen atoms in total. The quantitative estimate of drug-likeness (QED) is 0.643. The monoisotopic (exact) mass is 486 g/mol. The standard InChI is InChI=1S/C22H30N8O3S/c1-14-13-33-8-7-29(14)22-26-19(15-9-24-21(23)25-10-15)18-5-6-30(20(18)27-22)16-11-28(12-16)34(31,32)17-3-2-4-17/h9-10,14,16-17H,2-8,11-13H2,1H3,(H2,23,24,25)/t14-/m0/s1. The van der Waals surface area contributed by atoms with Crippen LogP contribution in [0.3, 0.4) is 0 Å². The highest BCUT2D eigenvalue weighted by Crippen LogP contribution is 2.39. The molecule has 2 N–H and O–H groups in total. The molecule has 5 heterocycles. The molecule has 3 fully saturated rings. The van der Waals surface area contributed by atoms with Gasteiger partial charge in [0.05, 0.1) is 36.2 Å². The summed E-state index contributed by atoms with van der Waals surface area (Å²) in [5.41, 5.74) is 8.39. The van der Waals surface area contributed by atoms with E-state index in [0.29, 0.717) is 38.8 Å². The van der Waals surface area contributed by atoms with Gasteiger partial charge in [0, 0.05) is 49.7 Å². The third-order valence-corrected chi connectivity index (χ3v) is 9.85. The van der Waals surface area contributed by atoms with E-state index >= 15 is 0 Å². The van der Waals surface area contributed by atoms with Gasteiger partial charge in [-0.2, -0.15) is 9.29 Å². The van der Waals surface area contributed by atoms with Crippen LogP contribution in [0.15, 0.2) is 12.4 Å². The highest BCUT2D eigenvalue weighted by atomic mass is 32.2. The average molecular weight is 487 g/mol. The SMILES string of the molecule is C[C@H]1COCCN1c1nc(-c2cnc(N)nc2)c2c(n1)N(C1CN(S(=O)(=O)C3CCC3)C1)CC2. The number of hydrogen-bond acceptors (Lipinski definition) is 10. The van der Waals surface area contributed by atoms with Crippen molar-refractivity contribution in [2.45, 2.75) is 49.9 Å². The molecule has 0 spiro atoms. The van der Waals surface area contributed by atoms with Crippen molar-refractivity contribution in [1.29, 1.82) is 0 Å². The zero-order valence-corrected chi connectivity index (χ0v) is 20.1. The fourth-order valence-electron chi connectivity index (χ4n) is 5.17. The Labute approximate surface area is 199 Å². The van der Waals surface area contributed by atoms with Gasteiger partial charge < -0.3 is 20.3 Å². The second-order valence-corrected chi connectivity index (χ2v) is 11.8. The average Bonchev–Trinajstić information content (AvgIpc) is 3.15. The summed E-state index contributed by atoms with van der Waals surface area (Å²) in [5.74, 6) is 1.77. The molecule has 6 rings (SSSR count). The lowest BCUT2D eigenvalue weighted by atomic mass is 10.0. The normalized spacial score (nSPS) is 24.1. The minimum atomic E-state index is -3.17. The molecule has 2 aromatic rings. The number of morpholine rings is 1. The van der Waals surface area contributed by atoms with E-state index in [0.717, 1.165) is 54.9 Å². The van der Waals surface area contributed by atoms with E-state index in [1.54, 1.807) is 16.7 Å². The second-order valence-electron chi connectivity index (χ2n) is 9.63. The number of ether oxygens (including phenoxy) is 1. The van der Waals surface area contributed by atoms with Crippen molar-refractivity contribution in [3.05, 3.63) is 18.0 Å². The number of nitrogens with zero attached hydrogens (tertiary/aromatic N) is 7. The van der Waals surface area contributed by atoms with Crippen molar-refractivity contribution >= 4 is 27.7 Å². The predicted octanol–water partition coefficient (Wildman–Crippen LogP) is 0.670. The molecule has 0 unspecified atom stereocenters. The largest absolute Gasteiger partial charge is 0.377 e. The van der Waals surface area contributed by atoms with E-state index < -0.39 is 10.0 Å². The first kappa shape index (κ1) is 21.9. The zero-order valence-electron chi connectivity index (χ0n) is 19.3. The van der Waals surface area contributed by atoms with Crippen LogP contribution in [0.25, 0.3) is 11.3 Å². The smallest absolute Gasteiger partial charge is 0.228 e. The van der Waals surface area contributed by atoms with Crippen molar-refractivity contribution in [1.82, 2.24) is 24.2 Å². The van der Waals surface area contributed by atoms with Crippen LogP contribution in [0.5, 0.6) is 0 Å². The number of nitrogens with two attached hydrogens (primary N) is 1. The highest BCUT2D eigenvalue weighted by molar-refractivity contribution is 7.89. The van der Waals surface area contributed by atoms with Gasteiger partial charge in [-0.1, -0.05) is 6.42 Å². The van der Waals surface area contributed by atoms with E-state index in [2.05, 4.69) is 26.7 Å². The summed E-state index contributed by atoms with van der Waals surface area (Å²) >= 11 is 0. The number of hydrogen-bond donors (Lipinski definition) is 1. The number of nitrogen functional groups attached to an aromatic ring is 1. The van der Waals surface area contributed by atoms with Gasteiger partial charge in [0.1, 0.15) is 5.82 Å². The Bertz CT molecular complexity index is 1180. The predicted molar refractivity (Wildman–Crippen MR) is 128 cm³/mol. The fraction of sp³-hybridized carbons (Fsp3) is 0.636. The van der Waals surface area contributed by atoms with Gasteiger partial charge in [-0.3, -0.25) is 0 Å². The Morgan fingerprint density at radius 1 is 1.09 bits per heavy atom. The first-order valence-electron chi connectivity index (χ1n) is 12.0. The molecule has 182 valence electrons. The lowest BCUT2D eigenvalue weighted by Crippen LogP contribution is -2.63. The van der Waals surface area contributed by atoms with Crippen LogP contribution in [-0.4, -0.2) is 89.4 Å². The van der Waals surface area contributed by atoms with Crippen molar-refractivity contribution in [2.75, 3.05) is 54.9 Å². The van der Waals surface area contributed by atoms with Gasteiger partial charge in [0.25, 0.3) is 0 Å². The summed E-state index contributed by atoms with van der Waals surface area (Å²) in [6, 6.07) is 0.278. The van der Waals surface area contributed by atoms with E-state index in [9.17, 15) is 8.42 Å². The molecular formula is C22H30N8O3S. The Kier molecular flexibility index (Phi) is 5.34. The van der Waals surface area contributed by atoms with Crippen molar-refractivity contribution in [2.24, 2.45) is 0 Å². The Morgan fingerprint density at radius 2 is 1.85 bits per heavy atom. The molecule has 34 heavy (non-hydrogen) atoms. The lowest BCUT2D eigenvalue weighted by Gasteiger charge is -2.46. The highest BCUT2D eigenvalue weighted by Gasteiger charge is 2.46. The van der Waals surface area contributed by atoms with E-state index in [4.69, 9.17) is 20.4 Å². The fourth-order valence-corrected chi connectivity index (χ4v) is 7.29. The molecule has 3 aliphatic heterocycles. The lowest BCUT2D eigenvalue weighted by molar-refractivity contribution is 0.0981. The Balaban J connectivity index is 1.33. The molecule has 0 aromatic carbocycles. The maximum Gasteiger partial charge on any atom is 0.228 e. The first-order chi connectivity index (χ1) is 16.4. The van der Waals surface area contributed by atoms with E-state index in [1.807, 2.05) is 0 Å². The van der Waals surface area contributed by atoms with Crippen LogP contribution in [0, 0.1) is 0 Å². The van der Waals surface area contributed by atoms with Crippen molar-refractivity contribution in [3.63, 3.8) is 0 Å². The minimum Gasteiger partial charge on any atom is -0.377 e. The molecule has 1 saturated carbocycles. The van der Waals surface area contributed by atoms with Gasteiger partial charge in [-0.15, -0.1) is 0 Å². The molecule has 0 bridgehead atoms.